The van der Waals surface area contributed by atoms with Gasteiger partial charge in [-0.3, -0.25) is 0 Å². The van der Waals surface area contributed by atoms with Gasteiger partial charge in [0.1, 0.15) is 0 Å². The van der Waals surface area contributed by atoms with Crippen LogP contribution in [0.1, 0.15) is 120 Å². The van der Waals surface area contributed by atoms with Crippen molar-refractivity contribution < 1.29 is 4.74 Å². The van der Waals surface area contributed by atoms with E-state index in [2.05, 4.69) is 67.8 Å². The predicted molar refractivity (Wildman–Crippen MR) is 139 cm³/mol. The summed E-state index contributed by atoms with van der Waals surface area (Å²) in [6.45, 7) is 20.3. The monoisotopic (exact) mass is 455 g/mol. The van der Waals surface area contributed by atoms with Gasteiger partial charge in [0.15, 0.2) is 0 Å². The lowest BCUT2D eigenvalue weighted by Crippen LogP contribution is -2.57. The summed E-state index contributed by atoms with van der Waals surface area (Å²) in [6, 6.07) is 0.666. The fraction of sp³-hybridized carbons (Fsp3) is 0.935. The molecule has 2 nitrogen and oxygen atoms in total. The Hall–Kier alpha value is -0.340. The first kappa shape index (κ1) is 24.4. The summed E-state index contributed by atoms with van der Waals surface area (Å²) in [5.41, 5.74) is 5.73. The third-order valence-electron chi connectivity index (χ3n) is 12.9. The maximum Gasteiger partial charge on any atom is 0.0892 e. The van der Waals surface area contributed by atoms with Gasteiger partial charge in [-0.2, -0.15) is 0 Å². The highest BCUT2D eigenvalue weighted by atomic mass is 16.6. The molecule has 1 saturated heterocycles. The molecule has 0 radical (unpaired) electrons. The molecule has 0 aromatic carbocycles. The van der Waals surface area contributed by atoms with Gasteiger partial charge in [-0.25, -0.2) is 0 Å². The van der Waals surface area contributed by atoms with Crippen LogP contribution in [-0.4, -0.2) is 24.8 Å². The first-order chi connectivity index (χ1) is 15.3. The Kier molecular flexibility index (Phi) is 5.60. The van der Waals surface area contributed by atoms with Gasteiger partial charge in [0.05, 0.1) is 11.7 Å². The molecule has 5 rings (SSSR count). The second-order valence-electron chi connectivity index (χ2n) is 14.8. The largest absolute Gasteiger partial charge is 0.367 e. The molecule has 0 aromatic rings. The fourth-order valence-corrected chi connectivity index (χ4v) is 10.5. The Morgan fingerprint density at radius 2 is 1.61 bits per heavy atom. The quantitative estimate of drug-likeness (QED) is 0.336. The van der Waals surface area contributed by atoms with Crippen LogP contribution in [0.3, 0.4) is 0 Å². The van der Waals surface area contributed by atoms with Crippen molar-refractivity contribution in [2.24, 2.45) is 39.4 Å². The molecule has 2 saturated carbocycles. The summed E-state index contributed by atoms with van der Waals surface area (Å²) in [7, 11) is 2.19. The second kappa shape index (κ2) is 7.58. The summed E-state index contributed by atoms with van der Waals surface area (Å²) in [4.78, 5) is 0. The van der Waals surface area contributed by atoms with E-state index in [1.165, 1.54) is 64.2 Å². The Labute approximate surface area is 205 Å². The smallest absolute Gasteiger partial charge is 0.0892 e. The highest BCUT2D eigenvalue weighted by Gasteiger charge is 2.63. The minimum absolute atomic E-state index is 0.145. The highest BCUT2D eigenvalue weighted by Crippen LogP contribution is 2.72. The Morgan fingerprint density at radius 3 is 2.24 bits per heavy atom. The maximum atomic E-state index is 5.92. The van der Waals surface area contributed by atoms with Crippen molar-refractivity contribution in [2.75, 3.05) is 7.05 Å². The minimum Gasteiger partial charge on any atom is -0.367 e. The average Bonchev–Trinajstić information content (AvgIpc) is 3.24. The van der Waals surface area contributed by atoms with Crippen molar-refractivity contribution in [3.63, 3.8) is 0 Å². The van der Waals surface area contributed by atoms with Crippen molar-refractivity contribution in [1.82, 2.24) is 5.32 Å². The van der Waals surface area contributed by atoms with Crippen molar-refractivity contribution in [3.8, 4) is 0 Å². The normalized spacial score (nSPS) is 48.6. The van der Waals surface area contributed by atoms with Crippen molar-refractivity contribution in [1.29, 1.82) is 0 Å². The number of fused-ring (bicyclic) bond motifs is 4. The van der Waals surface area contributed by atoms with E-state index in [0.29, 0.717) is 33.8 Å². The SMILES string of the molecule is CNC1CCC2(C)C3=C(CCC2C1(C)C)C1(C)CCC(C(C)CCC2OC2(C)C)C1(C)CC3. The summed E-state index contributed by atoms with van der Waals surface area (Å²) in [6.07, 6.45) is 14.2. The van der Waals surface area contributed by atoms with Crippen molar-refractivity contribution in [2.45, 2.75) is 137 Å². The van der Waals surface area contributed by atoms with Crippen LogP contribution in [0.4, 0.5) is 0 Å². The summed E-state index contributed by atoms with van der Waals surface area (Å²) in [5, 5.41) is 3.69. The lowest BCUT2D eigenvalue weighted by molar-refractivity contribution is -0.0367. The number of ether oxygens (including phenoxy) is 1. The number of hydrogen-bond acceptors (Lipinski definition) is 2. The number of rotatable bonds is 5. The minimum atomic E-state index is 0.145. The van der Waals surface area contributed by atoms with Crippen LogP contribution in [0.15, 0.2) is 11.1 Å². The summed E-state index contributed by atoms with van der Waals surface area (Å²) >= 11 is 0. The molecular formula is C31H53NO. The van der Waals surface area contributed by atoms with Crippen molar-refractivity contribution >= 4 is 0 Å². The van der Waals surface area contributed by atoms with Crippen molar-refractivity contribution in [3.05, 3.63) is 11.1 Å². The predicted octanol–water partition coefficient (Wildman–Crippen LogP) is 7.92. The molecule has 0 amide bonds. The van der Waals surface area contributed by atoms with Crippen LogP contribution < -0.4 is 5.32 Å². The number of nitrogens with one attached hydrogen (secondary N) is 1. The van der Waals surface area contributed by atoms with E-state index in [1.54, 1.807) is 0 Å². The van der Waals surface area contributed by atoms with Crippen LogP contribution in [0.5, 0.6) is 0 Å². The number of epoxide rings is 1. The molecule has 1 N–H and O–H groups in total. The lowest BCUT2D eigenvalue weighted by atomic mass is 9.43. The van der Waals surface area contributed by atoms with E-state index in [4.69, 9.17) is 4.74 Å². The molecule has 4 aliphatic carbocycles. The van der Waals surface area contributed by atoms with E-state index < -0.39 is 0 Å². The van der Waals surface area contributed by atoms with E-state index in [0.717, 1.165) is 17.8 Å². The lowest BCUT2D eigenvalue weighted by Gasteiger charge is -2.62. The van der Waals surface area contributed by atoms with Gasteiger partial charge in [0.25, 0.3) is 0 Å². The Bertz CT molecular complexity index is 825. The molecule has 2 heteroatoms. The molecule has 5 aliphatic rings. The zero-order valence-electron chi connectivity index (χ0n) is 23.4. The van der Waals surface area contributed by atoms with Gasteiger partial charge in [-0.05, 0) is 125 Å². The van der Waals surface area contributed by atoms with E-state index in [9.17, 15) is 0 Å². The maximum absolute atomic E-state index is 5.92. The van der Waals surface area contributed by atoms with Crippen LogP contribution in [-0.2, 0) is 4.74 Å². The zero-order chi connectivity index (χ0) is 24.0. The van der Waals surface area contributed by atoms with Crippen LogP contribution in [0, 0.1) is 39.4 Å². The highest BCUT2D eigenvalue weighted by molar-refractivity contribution is 5.38. The van der Waals surface area contributed by atoms with Crippen LogP contribution in [0.2, 0.25) is 0 Å². The molecule has 0 spiro atoms. The summed E-state index contributed by atoms with van der Waals surface area (Å²) in [5.74, 6) is 2.51. The van der Waals surface area contributed by atoms with Gasteiger partial charge >= 0.3 is 0 Å². The molecule has 33 heavy (non-hydrogen) atoms. The molecule has 0 bridgehead atoms. The van der Waals surface area contributed by atoms with Gasteiger partial charge in [-0.1, -0.05) is 52.7 Å². The van der Waals surface area contributed by atoms with Gasteiger partial charge in [0, 0.05) is 6.04 Å². The fourth-order valence-electron chi connectivity index (χ4n) is 10.5. The molecule has 8 unspecified atom stereocenters. The standard InChI is InChI=1S/C31H53NO/c1-20(10-13-26-28(4,5)33-26)21-14-18-31(8)23-11-12-24-27(2,3)25(32-9)16-17-29(24,6)22(23)15-19-30(21,31)7/h20-21,24-26,32H,10-19H2,1-9H3. The molecule has 8 atom stereocenters. The molecule has 3 fully saturated rings. The molecule has 0 aromatic heterocycles. The summed E-state index contributed by atoms with van der Waals surface area (Å²) < 4.78 is 5.92. The Balaban J connectivity index is 1.41. The molecule has 1 heterocycles. The van der Waals surface area contributed by atoms with Gasteiger partial charge < -0.3 is 10.1 Å². The zero-order valence-corrected chi connectivity index (χ0v) is 23.4. The van der Waals surface area contributed by atoms with E-state index >= 15 is 0 Å². The third-order valence-corrected chi connectivity index (χ3v) is 12.9. The van der Waals surface area contributed by atoms with Gasteiger partial charge in [0.2, 0.25) is 0 Å². The topological polar surface area (TPSA) is 24.6 Å². The molecule has 188 valence electrons. The number of allylic oxidation sites excluding steroid dienone is 2. The first-order valence-electron chi connectivity index (χ1n) is 14.4. The molecular weight excluding hydrogens is 402 g/mol. The first-order valence-corrected chi connectivity index (χ1v) is 14.4. The number of hydrogen-bond donors (Lipinski definition) is 1. The van der Waals surface area contributed by atoms with Gasteiger partial charge in [-0.15, -0.1) is 0 Å². The average molecular weight is 456 g/mol. The van der Waals surface area contributed by atoms with Crippen LogP contribution >= 0.6 is 0 Å². The van der Waals surface area contributed by atoms with E-state index in [-0.39, 0.29) is 5.60 Å². The second-order valence-corrected chi connectivity index (χ2v) is 14.8. The Morgan fingerprint density at radius 1 is 0.909 bits per heavy atom. The molecule has 1 aliphatic heterocycles. The van der Waals surface area contributed by atoms with Crippen LogP contribution in [0.25, 0.3) is 0 Å². The third kappa shape index (κ3) is 3.32. The van der Waals surface area contributed by atoms with E-state index in [1.807, 2.05) is 11.1 Å².